The molecule has 1 heterocycles. The minimum absolute atomic E-state index is 0.190. The molecule has 1 amide bonds. The van der Waals surface area contributed by atoms with Crippen molar-refractivity contribution in [3.05, 3.63) is 66.7 Å². The zero-order valence-electron chi connectivity index (χ0n) is 10.6. The van der Waals surface area contributed by atoms with E-state index in [9.17, 15) is 4.79 Å². The van der Waals surface area contributed by atoms with Crippen molar-refractivity contribution in [2.75, 3.05) is 5.32 Å². The van der Waals surface area contributed by atoms with Gasteiger partial charge in [-0.1, -0.05) is 42.5 Å². The highest BCUT2D eigenvalue weighted by Crippen LogP contribution is 2.22. The summed E-state index contributed by atoms with van der Waals surface area (Å²) >= 11 is 0. The number of anilines is 1. The number of H-pyrrole nitrogens is 1. The number of carbonyl (C=O) groups excluding carboxylic acids is 1. The third-order valence-corrected chi connectivity index (χ3v) is 2.86. The van der Waals surface area contributed by atoms with Gasteiger partial charge in [-0.15, -0.1) is 0 Å². The summed E-state index contributed by atoms with van der Waals surface area (Å²) in [5.74, 6) is -0.122. The summed E-state index contributed by atoms with van der Waals surface area (Å²) in [4.78, 5) is 15.7. The maximum absolute atomic E-state index is 11.9. The van der Waals surface area contributed by atoms with E-state index in [0.717, 1.165) is 11.1 Å². The second-order valence-corrected chi connectivity index (χ2v) is 4.24. The van der Waals surface area contributed by atoms with Crippen molar-refractivity contribution < 1.29 is 4.79 Å². The van der Waals surface area contributed by atoms with Crippen LogP contribution in [0, 0.1) is 0 Å². The van der Waals surface area contributed by atoms with Gasteiger partial charge in [0, 0.05) is 5.69 Å². The molecule has 2 N–H and O–H groups in total. The van der Waals surface area contributed by atoms with Gasteiger partial charge in [0.2, 0.25) is 5.82 Å². The van der Waals surface area contributed by atoms with Gasteiger partial charge in [-0.3, -0.25) is 9.89 Å². The Hall–Kier alpha value is -2.95. The Balaban J connectivity index is 1.83. The first-order valence-electron chi connectivity index (χ1n) is 6.15. The van der Waals surface area contributed by atoms with E-state index in [1.165, 1.54) is 6.33 Å². The molecule has 0 radical (unpaired) electrons. The predicted octanol–water partition coefficient (Wildman–Crippen LogP) is 2.72. The van der Waals surface area contributed by atoms with Crippen LogP contribution in [-0.4, -0.2) is 21.1 Å². The highest BCUT2D eigenvalue weighted by Gasteiger charge is 2.09. The van der Waals surface area contributed by atoms with Crippen LogP contribution in [0.3, 0.4) is 0 Å². The van der Waals surface area contributed by atoms with Crippen LogP contribution >= 0.6 is 0 Å². The van der Waals surface area contributed by atoms with Gasteiger partial charge < -0.3 is 5.32 Å². The van der Waals surface area contributed by atoms with Crippen LogP contribution in [0.15, 0.2) is 60.9 Å². The number of hydrogen-bond acceptors (Lipinski definition) is 3. The summed E-state index contributed by atoms with van der Waals surface area (Å²) in [5, 5.41) is 8.97. The zero-order valence-corrected chi connectivity index (χ0v) is 10.6. The number of aromatic amines is 1. The monoisotopic (exact) mass is 264 g/mol. The van der Waals surface area contributed by atoms with E-state index in [1.807, 2.05) is 54.6 Å². The maximum Gasteiger partial charge on any atom is 0.292 e. The average molecular weight is 264 g/mol. The molecule has 0 saturated heterocycles. The fraction of sp³-hybridized carbons (Fsp3) is 0. The zero-order chi connectivity index (χ0) is 13.8. The van der Waals surface area contributed by atoms with Crippen LogP contribution < -0.4 is 5.32 Å². The third kappa shape index (κ3) is 2.56. The Labute approximate surface area is 115 Å². The third-order valence-electron chi connectivity index (χ3n) is 2.86. The molecule has 20 heavy (non-hydrogen) atoms. The summed E-state index contributed by atoms with van der Waals surface area (Å²) < 4.78 is 0. The number of nitrogens with zero attached hydrogens (tertiary/aromatic N) is 2. The van der Waals surface area contributed by atoms with E-state index in [1.54, 1.807) is 0 Å². The number of benzene rings is 2. The van der Waals surface area contributed by atoms with Crippen molar-refractivity contribution >= 4 is 11.6 Å². The van der Waals surface area contributed by atoms with Gasteiger partial charge in [-0.2, -0.15) is 5.10 Å². The first-order valence-corrected chi connectivity index (χ1v) is 6.15. The van der Waals surface area contributed by atoms with Crippen molar-refractivity contribution in [2.45, 2.75) is 0 Å². The summed E-state index contributed by atoms with van der Waals surface area (Å²) in [6.45, 7) is 0. The summed E-state index contributed by atoms with van der Waals surface area (Å²) in [5.41, 5.74) is 2.86. The van der Waals surface area contributed by atoms with Crippen molar-refractivity contribution in [1.29, 1.82) is 0 Å². The Kier molecular flexibility index (Phi) is 3.24. The molecule has 3 rings (SSSR count). The average Bonchev–Trinajstić information content (AvgIpc) is 3.03. The molecule has 0 atom stereocenters. The van der Waals surface area contributed by atoms with Gasteiger partial charge >= 0.3 is 0 Å². The van der Waals surface area contributed by atoms with Crippen LogP contribution in [0.25, 0.3) is 11.1 Å². The molecular weight excluding hydrogens is 252 g/mol. The largest absolute Gasteiger partial charge is 0.319 e. The SMILES string of the molecule is O=C(Nc1cccc(-c2ccccc2)c1)c1ncn[nH]1. The fourth-order valence-electron chi connectivity index (χ4n) is 1.91. The highest BCUT2D eigenvalue weighted by atomic mass is 16.2. The molecule has 0 aliphatic carbocycles. The molecule has 0 fully saturated rings. The van der Waals surface area contributed by atoms with Gasteiger partial charge in [0.25, 0.3) is 5.91 Å². The van der Waals surface area contributed by atoms with Gasteiger partial charge in [-0.25, -0.2) is 4.98 Å². The fourth-order valence-corrected chi connectivity index (χ4v) is 1.91. The number of aromatic nitrogens is 3. The van der Waals surface area contributed by atoms with Crippen molar-refractivity contribution in [3.8, 4) is 11.1 Å². The second kappa shape index (κ2) is 5.36. The molecule has 0 spiro atoms. The van der Waals surface area contributed by atoms with Gasteiger partial charge in [-0.05, 0) is 23.3 Å². The Bertz CT molecular complexity index is 708. The van der Waals surface area contributed by atoms with E-state index in [-0.39, 0.29) is 11.7 Å². The van der Waals surface area contributed by atoms with Crippen LogP contribution in [-0.2, 0) is 0 Å². The van der Waals surface area contributed by atoms with Crippen LogP contribution in [0.4, 0.5) is 5.69 Å². The lowest BCUT2D eigenvalue weighted by Crippen LogP contribution is -2.13. The second-order valence-electron chi connectivity index (χ2n) is 4.24. The lowest BCUT2D eigenvalue weighted by Gasteiger charge is -2.06. The molecule has 0 unspecified atom stereocenters. The number of nitrogens with one attached hydrogen (secondary N) is 2. The topological polar surface area (TPSA) is 70.7 Å². The van der Waals surface area contributed by atoms with Gasteiger partial charge in [0.15, 0.2) is 0 Å². The van der Waals surface area contributed by atoms with E-state index >= 15 is 0 Å². The predicted molar refractivity (Wildman–Crippen MR) is 76.2 cm³/mol. The molecule has 0 aliphatic rings. The van der Waals surface area contributed by atoms with Crippen molar-refractivity contribution in [3.63, 3.8) is 0 Å². The summed E-state index contributed by atoms with van der Waals surface area (Å²) in [6, 6.07) is 17.6. The lowest BCUT2D eigenvalue weighted by molar-refractivity contribution is 0.101. The number of hydrogen-bond donors (Lipinski definition) is 2. The first kappa shape index (κ1) is 12.1. The van der Waals surface area contributed by atoms with Crippen LogP contribution in [0.1, 0.15) is 10.6 Å². The Morgan fingerprint density at radius 2 is 1.80 bits per heavy atom. The van der Waals surface area contributed by atoms with Crippen molar-refractivity contribution in [1.82, 2.24) is 15.2 Å². The van der Waals surface area contributed by atoms with Crippen LogP contribution in [0.5, 0.6) is 0 Å². The summed E-state index contributed by atoms with van der Waals surface area (Å²) in [6.07, 6.45) is 1.30. The van der Waals surface area contributed by atoms with Gasteiger partial charge in [0.05, 0.1) is 0 Å². The standard InChI is InChI=1S/C15H12N4O/c20-15(14-16-10-17-19-14)18-13-8-4-7-12(9-13)11-5-2-1-3-6-11/h1-10H,(H,18,20)(H,16,17,19). The smallest absolute Gasteiger partial charge is 0.292 e. The molecule has 2 aromatic carbocycles. The normalized spacial score (nSPS) is 10.2. The highest BCUT2D eigenvalue weighted by molar-refractivity contribution is 6.01. The maximum atomic E-state index is 11.9. The van der Waals surface area contributed by atoms with E-state index in [0.29, 0.717) is 5.69 Å². The molecule has 5 heteroatoms. The molecular formula is C15H12N4O. The van der Waals surface area contributed by atoms with E-state index in [4.69, 9.17) is 0 Å². The van der Waals surface area contributed by atoms with E-state index in [2.05, 4.69) is 20.5 Å². The molecule has 3 aromatic rings. The molecule has 0 saturated carbocycles. The minimum atomic E-state index is -0.312. The first-order chi connectivity index (χ1) is 9.83. The molecule has 0 bridgehead atoms. The lowest BCUT2D eigenvalue weighted by atomic mass is 10.1. The van der Waals surface area contributed by atoms with E-state index < -0.39 is 0 Å². The van der Waals surface area contributed by atoms with Crippen molar-refractivity contribution in [2.24, 2.45) is 0 Å². The molecule has 0 aliphatic heterocycles. The molecule has 5 nitrogen and oxygen atoms in total. The molecule has 98 valence electrons. The Morgan fingerprint density at radius 3 is 2.55 bits per heavy atom. The number of rotatable bonds is 3. The minimum Gasteiger partial charge on any atom is -0.319 e. The Morgan fingerprint density at radius 1 is 1.00 bits per heavy atom. The summed E-state index contributed by atoms with van der Waals surface area (Å²) in [7, 11) is 0. The number of amides is 1. The van der Waals surface area contributed by atoms with Gasteiger partial charge in [0.1, 0.15) is 6.33 Å². The van der Waals surface area contributed by atoms with Crippen LogP contribution in [0.2, 0.25) is 0 Å². The number of carbonyl (C=O) groups is 1. The quantitative estimate of drug-likeness (QED) is 0.764. The molecule has 1 aromatic heterocycles.